The Morgan fingerprint density at radius 3 is 2.33 bits per heavy atom. The molecule has 2 rings (SSSR count). The van der Waals surface area contributed by atoms with Crippen LogP contribution < -0.4 is 4.74 Å². The fraction of sp³-hybridized carbons (Fsp3) is 0.417. The van der Waals surface area contributed by atoms with Gasteiger partial charge < -0.3 is 9.47 Å². The number of carbonyl (C=O) groups excluding carboxylic acids is 1. The smallest absolute Gasteiger partial charge is 0.454 e. The minimum Gasteiger partial charge on any atom is -0.454 e. The minimum atomic E-state index is -4.70. The van der Waals surface area contributed by atoms with Crippen LogP contribution >= 0.6 is 0 Å². The molecule has 0 bridgehead atoms. The molecule has 1 unspecified atom stereocenters. The van der Waals surface area contributed by atoms with E-state index >= 15 is 0 Å². The van der Waals surface area contributed by atoms with E-state index in [2.05, 4.69) is 4.74 Å². The number of hydrogen-bond acceptors (Lipinski definition) is 3. The Hall–Kier alpha value is -1.72. The number of halogens is 3. The maximum absolute atomic E-state index is 12.0. The van der Waals surface area contributed by atoms with Gasteiger partial charge in [-0.05, 0) is 24.6 Å². The van der Waals surface area contributed by atoms with Gasteiger partial charge in [0.25, 0.3) is 0 Å². The van der Waals surface area contributed by atoms with Crippen molar-refractivity contribution < 1.29 is 27.4 Å². The van der Waals surface area contributed by atoms with E-state index in [-0.39, 0.29) is 11.7 Å². The molecule has 0 aromatic heterocycles. The van der Waals surface area contributed by atoms with E-state index in [0.29, 0.717) is 18.4 Å². The van der Waals surface area contributed by atoms with E-state index in [9.17, 15) is 18.0 Å². The molecule has 0 saturated carbocycles. The summed E-state index contributed by atoms with van der Waals surface area (Å²) in [4.78, 5) is 11.1. The third-order valence-electron chi connectivity index (χ3n) is 2.84. The van der Waals surface area contributed by atoms with Crippen LogP contribution in [-0.2, 0) is 15.1 Å². The van der Waals surface area contributed by atoms with Gasteiger partial charge in [0.15, 0.2) is 0 Å². The van der Waals surface area contributed by atoms with E-state index in [1.165, 1.54) is 24.3 Å². The van der Waals surface area contributed by atoms with Crippen molar-refractivity contribution in [3.05, 3.63) is 29.8 Å². The van der Waals surface area contributed by atoms with E-state index in [1.54, 1.807) is 6.92 Å². The second-order valence-electron chi connectivity index (χ2n) is 4.28. The summed E-state index contributed by atoms with van der Waals surface area (Å²) >= 11 is 0. The molecule has 0 radical (unpaired) electrons. The SMILES string of the molecule is CC1(c2ccc(OC(F)(F)F)cc2)CCC(=O)O1. The van der Waals surface area contributed by atoms with Crippen LogP contribution in [0.1, 0.15) is 25.3 Å². The summed E-state index contributed by atoms with van der Waals surface area (Å²) < 4.78 is 44.9. The predicted octanol–water partition coefficient (Wildman–Crippen LogP) is 3.14. The number of carbonyl (C=O) groups is 1. The maximum Gasteiger partial charge on any atom is 0.573 e. The summed E-state index contributed by atoms with van der Waals surface area (Å²) in [6.07, 6.45) is -3.87. The van der Waals surface area contributed by atoms with E-state index in [0.717, 1.165) is 0 Å². The van der Waals surface area contributed by atoms with Gasteiger partial charge in [0.2, 0.25) is 0 Å². The molecular weight excluding hydrogens is 249 g/mol. The summed E-state index contributed by atoms with van der Waals surface area (Å²) in [7, 11) is 0. The van der Waals surface area contributed by atoms with Crippen LogP contribution in [0.2, 0.25) is 0 Å². The molecule has 1 aromatic rings. The molecule has 0 spiro atoms. The van der Waals surface area contributed by atoms with Gasteiger partial charge >= 0.3 is 12.3 Å². The lowest BCUT2D eigenvalue weighted by molar-refractivity contribution is -0.274. The molecule has 98 valence electrons. The Morgan fingerprint density at radius 1 is 1.28 bits per heavy atom. The van der Waals surface area contributed by atoms with Crippen LogP contribution in [0.15, 0.2) is 24.3 Å². The van der Waals surface area contributed by atoms with Crippen molar-refractivity contribution in [3.63, 3.8) is 0 Å². The van der Waals surface area contributed by atoms with Gasteiger partial charge in [-0.3, -0.25) is 4.79 Å². The number of alkyl halides is 3. The molecule has 1 saturated heterocycles. The largest absolute Gasteiger partial charge is 0.573 e. The average Bonchev–Trinajstić information content (AvgIpc) is 2.58. The van der Waals surface area contributed by atoms with Crippen LogP contribution in [0, 0.1) is 0 Å². The van der Waals surface area contributed by atoms with Crippen LogP contribution in [-0.4, -0.2) is 12.3 Å². The first-order valence-corrected chi connectivity index (χ1v) is 5.37. The molecule has 1 fully saturated rings. The number of benzene rings is 1. The van der Waals surface area contributed by atoms with Gasteiger partial charge in [0.05, 0.1) is 0 Å². The molecule has 6 heteroatoms. The first kappa shape index (κ1) is 12.7. The normalized spacial score (nSPS) is 23.9. The topological polar surface area (TPSA) is 35.5 Å². The van der Waals surface area contributed by atoms with Gasteiger partial charge in [0, 0.05) is 12.8 Å². The second-order valence-corrected chi connectivity index (χ2v) is 4.28. The highest BCUT2D eigenvalue weighted by molar-refractivity contribution is 5.72. The molecule has 1 heterocycles. The highest BCUT2D eigenvalue weighted by Gasteiger charge is 2.37. The summed E-state index contributed by atoms with van der Waals surface area (Å²) in [5.74, 6) is -0.590. The Balaban J connectivity index is 2.15. The zero-order valence-electron chi connectivity index (χ0n) is 9.58. The molecule has 0 aliphatic carbocycles. The molecular formula is C12H11F3O3. The zero-order chi connectivity index (χ0) is 13.4. The average molecular weight is 260 g/mol. The fourth-order valence-corrected chi connectivity index (χ4v) is 1.91. The van der Waals surface area contributed by atoms with E-state index in [1.807, 2.05) is 0 Å². The molecule has 1 aliphatic heterocycles. The first-order chi connectivity index (χ1) is 8.28. The lowest BCUT2D eigenvalue weighted by Crippen LogP contribution is -2.21. The quantitative estimate of drug-likeness (QED) is 0.766. The number of hydrogen-bond donors (Lipinski definition) is 0. The third-order valence-corrected chi connectivity index (χ3v) is 2.84. The molecule has 1 atom stereocenters. The molecule has 1 aliphatic rings. The van der Waals surface area contributed by atoms with Crippen molar-refractivity contribution in [1.29, 1.82) is 0 Å². The van der Waals surface area contributed by atoms with Gasteiger partial charge in [-0.15, -0.1) is 13.2 Å². The van der Waals surface area contributed by atoms with E-state index < -0.39 is 12.0 Å². The van der Waals surface area contributed by atoms with Gasteiger partial charge in [-0.25, -0.2) is 0 Å². The Labute approximate surface area is 102 Å². The standard InChI is InChI=1S/C12H11F3O3/c1-11(7-6-10(16)18-11)8-2-4-9(5-3-8)17-12(13,14)15/h2-5H,6-7H2,1H3. The molecule has 3 nitrogen and oxygen atoms in total. The monoisotopic (exact) mass is 260 g/mol. The van der Waals surface area contributed by atoms with Crippen LogP contribution in [0.3, 0.4) is 0 Å². The van der Waals surface area contributed by atoms with Crippen molar-refractivity contribution in [3.8, 4) is 5.75 Å². The highest BCUT2D eigenvalue weighted by Crippen LogP contribution is 2.37. The first-order valence-electron chi connectivity index (χ1n) is 5.37. The predicted molar refractivity (Wildman–Crippen MR) is 55.8 cm³/mol. The van der Waals surface area contributed by atoms with Crippen molar-refractivity contribution in [2.45, 2.75) is 31.7 Å². The van der Waals surface area contributed by atoms with Gasteiger partial charge in [-0.1, -0.05) is 12.1 Å². The lowest BCUT2D eigenvalue weighted by atomic mass is 9.93. The molecule has 0 N–H and O–H groups in total. The Kier molecular flexibility index (Phi) is 2.96. The highest BCUT2D eigenvalue weighted by atomic mass is 19.4. The third kappa shape index (κ3) is 2.75. The number of ether oxygens (including phenoxy) is 2. The van der Waals surface area contributed by atoms with Gasteiger partial charge in [0.1, 0.15) is 11.4 Å². The van der Waals surface area contributed by atoms with Crippen LogP contribution in [0.25, 0.3) is 0 Å². The van der Waals surface area contributed by atoms with Crippen molar-refractivity contribution in [2.75, 3.05) is 0 Å². The lowest BCUT2D eigenvalue weighted by Gasteiger charge is -2.23. The van der Waals surface area contributed by atoms with Crippen LogP contribution in [0.4, 0.5) is 13.2 Å². The van der Waals surface area contributed by atoms with Crippen molar-refractivity contribution in [1.82, 2.24) is 0 Å². The van der Waals surface area contributed by atoms with Gasteiger partial charge in [-0.2, -0.15) is 0 Å². The number of cyclic esters (lactones) is 1. The van der Waals surface area contributed by atoms with Crippen LogP contribution in [0.5, 0.6) is 5.75 Å². The summed E-state index contributed by atoms with van der Waals surface area (Å²) in [6, 6.07) is 5.36. The Bertz CT molecular complexity index is 453. The molecule has 1 aromatic carbocycles. The second kappa shape index (κ2) is 4.19. The molecule has 18 heavy (non-hydrogen) atoms. The summed E-state index contributed by atoms with van der Waals surface area (Å²) in [6.45, 7) is 1.73. The maximum atomic E-state index is 12.0. The fourth-order valence-electron chi connectivity index (χ4n) is 1.91. The zero-order valence-corrected chi connectivity index (χ0v) is 9.58. The summed E-state index contributed by atoms with van der Waals surface area (Å²) in [5, 5.41) is 0. The molecule has 0 amide bonds. The minimum absolute atomic E-state index is 0.292. The summed E-state index contributed by atoms with van der Waals surface area (Å²) in [5.41, 5.74) is -0.101. The number of esters is 1. The van der Waals surface area contributed by atoms with Crippen molar-refractivity contribution in [2.24, 2.45) is 0 Å². The van der Waals surface area contributed by atoms with Crippen molar-refractivity contribution >= 4 is 5.97 Å². The number of rotatable bonds is 2. The van der Waals surface area contributed by atoms with E-state index in [4.69, 9.17) is 4.74 Å². The Morgan fingerprint density at radius 2 is 1.89 bits per heavy atom.